The van der Waals surface area contributed by atoms with Crippen molar-refractivity contribution in [2.45, 2.75) is 74.6 Å². The van der Waals surface area contributed by atoms with E-state index < -0.39 is 10.0 Å². The van der Waals surface area contributed by atoms with E-state index >= 15 is 0 Å². The first-order chi connectivity index (χ1) is 13.3. The van der Waals surface area contributed by atoms with Crippen LogP contribution >= 0.6 is 0 Å². The van der Waals surface area contributed by atoms with Gasteiger partial charge >= 0.3 is 6.03 Å². The summed E-state index contributed by atoms with van der Waals surface area (Å²) < 4.78 is 27.5. The summed E-state index contributed by atoms with van der Waals surface area (Å²) in [6.07, 6.45) is 4.34. The molecule has 3 heterocycles. The number of carbonyl (C=O) groups excluding carboxylic acids is 1. The van der Waals surface area contributed by atoms with Crippen LogP contribution in [0.2, 0.25) is 0 Å². The highest BCUT2D eigenvalue weighted by Crippen LogP contribution is 2.35. The van der Waals surface area contributed by atoms with Crippen molar-refractivity contribution in [1.29, 1.82) is 0 Å². The number of carbonyl (C=O) groups is 1. The van der Waals surface area contributed by atoms with Gasteiger partial charge in [0.2, 0.25) is 10.0 Å². The highest BCUT2D eigenvalue weighted by atomic mass is 32.2. The van der Waals surface area contributed by atoms with Gasteiger partial charge in [-0.05, 0) is 63.1 Å². The van der Waals surface area contributed by atoms with E-state index in [1.807, 2.05) is 17.9 Å². The predicted molar refractivity (Wildman–Crippen MR) is 105 cm³/mol. The molecule has 0 saturated carbocycles. The van der Waals surface area contributed by atoms with Crippen molar-refractivity contribution < 1.29 is 18.3 Å². The first kappa shape index (κ1) is 19.7. The monoisotopic (exact) mass is 407 g/mol. The van der Waals surface area contributed by atoms with Gasteiger partial charge in [-0.1, -0.05) is 12.1 Å². The van der Waals surface area contributed by atoms with Crippen LogP contribution in [0.1, 0.15) is 44.1 Å². The van der Waals surface area contributed by atoms with Crippen LogP contribution in [0.5, 0.6) is 0 Å². The molecule has 0 aliphatic carbocycles. The Kier molecular flexibility index (Phi) is 5.37. The molecule has 2 bridgehead atoms. The number of benzene rings is 1. The van der Waals surface area contributed by atoms with Crippen molar-refractivity contribution in [1.82, 2.24) is 14.5 Å². The lowest BCUT2D eigenvalue weighted by Crippen LogP contribution is -2.56. The third-order valence-electron chi connectivity index (χ3n) is 6.28. The minimum atomic E-state index is -3.56. The molecule has 2 amide bonds. The van der Waals surface area contributed by atoms with Crippen molar-refractivity contribution in [2.24, 2.45) is 0 Å². The van der Waals surface area contributed by atoms with Crippen molar-refractivity contribution in [3.63, 3.8) is 0 Å². The quantitative estimate of drug-likeness (QED) is 0.800. The molecule has 1 aromatic rings. The SMILES string of the molecule is Cc1cccc(S(=O)(=O)N2CCC[C@H](NC(=O)N3[C@H]4CC[C@H]3CC(O)C4)C2)c1. The molecule has 154 valence electrons. The van der Waals surface area contributed by atoms with Crippen molar-refractivity contribution in [3.05, 3.63) is 29.8 Å². The van der Waals surface area contributed by atoms with Gasteiger partial charge < -0.3 is 15.3 Å². The molecule has 8 heteroatoms. The molecule has 3 atom stereocenters. The molecule has 3 aliphatic rings. The first-order valence-electron chi connectivity index (χ1n) is 10.2. The third-order valence-corrected chi connectivity index (χ3v) is 8.14. The number of aliphatic hydroxyl groups excluding tert-OH is 1. The maximum absolute atomic E-state index is 13.0. The molecule has 0 aromatic heterocycles. The summed E-state index contributed by atoms with van der Waals surface area (Å²) in [5.41, 5.74) is 0.908. The standard InChI is InChI=1S/C20H29N3O4S/c1-14-4-2-6-19(10-14)28(26,27)22-9-3-5-15(13-22)21-20(25)23-16-7-8-17(23)12-18(24)11-16/h2,4,6,10,15-18,24H,3,5,7-9,11-13H2,1H3,(H,21,25)/t15-,16-,17-/m0/s1. The summed E-state index contributed by atoms with van der Waals surface area (Å²) in [6, 6.07) is 6.85. The van der Waals surface area contributed by atoms with E-state index in [9.17, 15) is 18.3 Å². The van der Waals surface area contributed by atoms with E-state index in [0.717, 1.165) is 31.2 Å². The van der Waals surface area contributed by atoms with Gasteiger partial charge in [-0.15, -0.1) is 0 Å². The summed E-state index contributed by atoms with van der Waals surface area (Å²) in [7, 11) is -3.56. The summed E-state index contributed by atoms with van der Waals surface area (Å²) in [4.78, 5) is 15.1. The second-order valence-corrected chi connectivity index (χ2v) is 10.3. The number of rotatable bonds is 3. The molecule has 3 saturated heterocycles. The molecule has 0 radical (unpaired) electrons. The third kappa shape index (κ3) is 3.77. The Morgan fingerprint density at radius 1 is 1.18 bits per heavy atom. The van der Waals surface area contributed by atoms with Crippen LogP contribution in [0.25, 0.3) is 0 Å². The van der Waals surface area contributed by atoms with E-state index in [4.69, 9.17) is 0 Å². The molecule has 0 unspecified atom stereocenters. The fourth-order valence-corrected chi connectivity index (χ4v) is 6.56. The Bertz CT molecular complexity index is 830. The van der Waals surface area contributed by atoms with E-state index in [2.05, 4.69) is 5.32 Å². The lowest BCUT2D eigenvalue weighted by atomic mass is 10.0. The fourth-order valence-electron chi connectivity index (χ4n) is 4.93. The average molecular weight is 408 g/mol. The molecule has 1 aromatic carbocycles. The maximum Gasteiger partial charge on any atom is 0.318 e. The zero-order chi connectivity index (χ0) is 19.9. The number of hydrogen-bond donors (Lipinski definition) is 2. The van der Waals surface area contributed by atoms with Crippen LogP contribution in [-0.4, -0.2) is 66.1 Å². The highest BCUT2D eigenvalue weighted by molar-refractivity contribution is 7.89. The topological polar surface area (TPSA) is 90.0 Å². The first-order valence-corrected chi connectivity index (χ1v) is 11.6. The minimum Gasteiger partial charge on any atom is -0.393 e. The number of nitrogens with one attached hydrogen (secondary N) is 1. The minimum absolute atomic E-state index is 0.101. The van der Waals surface area contributed by atoms with Gasteiger partial charge in [0.15, 0.2) is 0 Å². The van der Waals surface area contributed by atoms with E-state index in [1.54, 1.807) is 18.2 Å². The average Bonchev–Trinajstić information content (AvgIpc) is 2.93. The van der Waals surface area contributed by atoms with Gasteiger partial charge in [0.1, 0.15) is 0 Å². The van der Waals surface area contributed by atoms with Crippen molar-refractivity contribution in [3.8, 4) is 0 Å². The summed E-state index contributed by atoms with van der Waals surface area (Å²) >= 11 is 0. The van der Waals surface area contributed by atoms with Crippen molar-refractivity contribution in [2.75, 3.05) is 13.1 Å². The number of piperidine rings is 2. The highest BCUT2D eigenvalue weighted by Gasteiger charge is 2.43. The van der Waals surface area contributed by atoms with Crippen LogP contribution in [0.4, 0.5) is 4.79 Å². The Labute approximate surface area is 166 Å². The molecule has 4 rings (SSSR count). The second kappa shape index (κ2) is 7.65. The number of nitrogens with zero attached hydrogens (tertiary/aromatic N) is 2. The Morgan fingerprint density at radius 2 is 1.89 bits per heavy atom. The molecule has 2 N–H and O–H groups in total. The van der Waals surface area contributed by atoms with Crippen LogP contribution in [0, 0.1) is 6.92 Å². The zero-order valence-electron chi connectivity index (χ0n) is 16.3. The van der Waals surface area contributed by atoms with Crippen molar-refractivity contribution >= 4 is 16.1 Å². The second-order valence-electron chi connectivity index (χ2n) is 8.39. The molecule has 0 spiro atoms. The smallest absolute Gasteiger partial charge is 0.318 e. The number of aliphatic hydroxyl groups is 1. The van der Waals surface area contributed by atoms with Gasteiger partial charge in [-0.25, -0.2) is 13.2 Å². The normalized spacial score (nSPS) is 31.0. The number of urea groups is 1. The van der Waals surface area contributed by atoms with Gasteiger partial charge in [0.05, 0.1) is 11.0 Å². The lowest BCUT2D eigenvalue weighted by molar-refractivity contribution is 0.0528. The molecule has 7 nitrogen and oxygen atoms in total. The molecular formula is C20H29N3O4S. The van der Waals surface area contributed by atoms with E-state index in [0.29, 0.717) is 30.8 Å². The summed E-state index contributed by atoms with van der Waals surface area (Å²) in [5.74, 6) is 0. The Balaban J connectivity index is 1.42. The van der Waals surface area contributed by atoms with Crippen LogP contribution < -0.4 is 5.32 Å². The number of amides is 2. The largest absolute Gasteiger partial charge is 0.393 e. The van der Waals surface area contributed by atoms with Gasteiger partial charge in [-0.3, -0.25) is 0 Å². The van der Waals surface area contributed by atoms with Crippen LogP contribution in [-0.2, 0) is 10.0 Å². The molecule has 3 fully saturated rings. The molecular weight excluding hydrogens is 378 g/mol. The molecule has 3 aliphatic heterocycles. The van der Waals surface area contributed by atoms with Gasteiger partial charge in [0.25, 0.3) is 0 Å². The maximum atomic E-state index is 13.0. The summed E-state index contributed by atoms with van der Waals surface area (Å²) in [5, 5.41) is 13.0. The fraction of sp³-hybridized carbons (Fsp3) is 0.650. The summed E-state index contributed by atoms with van der Waals surface area (Å²) in [6.45, 7) is 2.65. The zero-order valence-corrected chi connectivity index (χ0v) is 17.1. The number of aryl methyl sites for hydroxylation is 1. The predicted octanol–water partition coefficient (Wildman–Crippen LogP) is 1.85. The van der Waals surface area contributed by atoms with Gasteiger partial charge in [0, 0.05) is 31.2 Å². The van der Waals surface area contributed by atoms with Gasteiger partial charge in [-0.2, -0.15) is 4.31 Å². The number of fused-ring (bicyclic) bond motifs is 2. The van der Waals surface area contributed by atoms with Crippen LogP contribution in [0.15, 0.2) is 29.2 Å². The lowest BCUT2D eigenvalue weighted by Gasteiger charge is -2.39. The number of hydrogen-bond acceptors (Lipinski definition) is 4. The Morgan fingerprint density at radius 3 is 2.57 bits per heavy atom. The van der Waals surface area contributed by atoms with E-state index in [1.165, 1.54) is 4.31 Å². The van der Waals surface area contributed by atoms with E-state index in [-0.39, 0.29) is 30.3 Å². The molecule has 28 heavy (non-hydrogen) atoms. The Hall–Kier alpha value is -1.64. The number of sulfonamides is 1. The van der Waals surface area contributed by atoms with Crippen LogP contribution in [0.3, 0.4) is 0 Å².